The molecular formula is C11H14F2N2O. The summed E-state index contributed by atoms with van der Waals surface area (Å²) in [6, 6.07) is 6.01. The number of hydrogen-bond donors (Lipinski definition) is 1. The lowest BCUT2D eigenvalue weighted by atomic mass is 10.2. The minimum atomic E-state index is -2.81. The predicted octanol–water partition coefficient (Wildman–Crippen LogP) is 2.93. The lowest BCUT2D eigenvalue weighted by molar-refractivity contribution is -0.0498. The first kappa shape index (κ1) is 12.4. The summed E-state index contributed by atoms with van der Waals surface area (Å²) in [6.07, 6.45) is 0. The topological polar surface area (TPSA) is 47.6 Å². The molecule has 2 N–H and O–H groups in total. The van der Waals surface area contributed by atoms with Crippen molar-refractivity contribution in [3.8, 4) is 5.75 Å². The fourth-order valence-corrected chi connectivity index (χ4v) is 0.980. The van der Waals surface area contributed by atoms with Crippen LogP contribution in [0.3, 0.4) is 0 Å². The molecule has 0 atom stereocenters. The largest absolute Gasteiger partial charge is 0.435 e. The molecule has 1 aromatic rings. The number of aliphatic imine (C=N–C) groups is 1. The summed E-state index contributed by atoms with van der Waals surface area (Å²) in [7, 11) is 0. The van der Waals surface area contributed by atoms with Crippen molar-refractivity contribution in [2.45, 2.75) is 20.5 Å². The van der Waals surface area contributed by atoms with Gasteiger partial charge in [0.25, 0.3) is 0 Å². The van der Waals surface area contributed by atoms with Gasteiger partial charge >= 0.3 is 6.61 Å². The van der Waals surface area contributed by atoms with Crippen LogP contribution in [0.25, 0.3) is 0 Å². The smallest absolute Gasteiger partial charge is 0.387 e. The molecule has 0 spiro atoms. The number of alkyl halides is 2. The molecule has 1 rings (SSSR count). The number of rotatable bonds is 4. The predicted molar refractivity (Wildman–Crippen MR) is 59.2 cm³/mol. The average molecular weight is 228 g/mol. The first-order chi connectivity index (χ1) is 7.49. The van der Waals surface area contributed by atoms with Crippen LogP contribution < -0.4 is 10.5 Å². The van der Waals surface area contributed by atoms with E-state index in [0.29, 0.717) is 11.5 Å². The van der Waals surface area contributed by atoms with Crippen molar-refractivity contribution in [2.24, 2.45) is 16.6 Å². The number of nitrogens with two attached hydrogens (primary N) is 1. The van der Waals surface area contributed by atoms with Crippen LogP contribution in [0.15, 0.2) is 29.3 Å². The van der Waals surface area contributed by atoms with E-state index in [2.05, 4.69) is 9.73 Å². The van der Waals surface area contributed by atoms with Crippen molar-refractivity contribution in [1.29, 1.82) is 0 Å². The Hall–Kier alpha value is -1.65. The van der Waals surface area contributed by atoms with Crippen LogP contribution in [0.2, 0.25) is 0 Å². The standard InChI is InChI=1S/C11H14F2N2O/c1-7(2)10(14)15-8-3-5-9(6-4-8)16-11(12)13/h3-7,11H,1-2H3,(H2,14,15). The monoisotopic (exact) mass is 228 g/mol. The van der Waals surface area contributed by atoms with E-state index in [9.17, 15) is 8.78 Å². The van der Waals surface area contributed by atoms with E-state index >= 15 is 0 Å². The van der Waals surface area contributed by atoms with Gasteiger partial charge in [-0.15, -0.1) is 0 Å². The molecule has 3 nitrogen and oxygen atoms in total. The fraction of sp³-hybridized carbons (Fsp3) is 0.364. The summed E-state index contributed by atoms with van der Waals surface area (Å²) in [5.74, 6) is 0.761. The van der Waals surface area contributed by atoms with E-state index in [1.165, 1.54) is 12.1 Å². The second-order valence-corrected chi connectivity index (χ2v) is 3.56. The Balaban J connectivity index is 2.75. The van der Waals surface area contributed by atoms with Crippen LogP contribution in [0.1, 0.15) is 13.8 Å². The van der Waals surface area contributed by atoms with E-state index in [-0.39, 0.29) is 11.7 Å². The van der Waals surface area contributed by atoms with Gasteiger partial charge in [0, 0.05) is 5.92 Å². The molecule has 0 fully saturated rings. The first-order valence-corrected chi connectivity index (χ1v) is 4.88. The highest BCUT2D eigenvalue weighted by Gasteiger charge is 2.04. The number of amidine groups is 1. The minimum absolute atomic E-state index is 0.108. The SMILES string of the molecule is CC(C)C(N)=Nc1ccc(OC(F)F)cc1. The Morgan fingerprint density at radius 3 is 2.25 bits per heavy atom. The molecule has 0 aromatic heterocycles. The summed E-state index contributed by atoms with van der Waals surface area (Å²) in [4.78, 5) is 4.13. The van der Waals surface area contributed by atoms with Gasteiger partial charge in [-0.1, -0.05) is 13.8 Å². The summed E-state index contributed by atoms with van der Waals surface area (Å²) in [5, 5.41) is 0. The van der Waals surface area contributed by atoms with Crippen LogP contribution >= 0.6 is 0 Å². The van der Waals surface area contributed by atoms with Gasteiger partial charge in [0.2, 0.25) is 0 Å². The lowest BCUT2D eigenvalue weighted by Crippen LogP contribution is -2.17. The van der Waals surface area contributed by atoms with Crippen molar-refractivity contribution >= 4 is 11.5 Å². The van der Waals surface area contributed by atoms with Gasteiger partial charge in [-0.05, 0) is 24.3 Å². The Morgan fingerprint density at radius 1 is 1.25 bits per heavy atom. The maximum atomic E-state index is 11.9. The number of hydrogen-bond acceptors (Lipinski definition) is 2. The molecule has 5 heteroatoms. The molecule has 0 aliphatic carbocycles. The number of halogens is 2. The van der Waals surface area contributed by atoms with Crippen LogP contribution in [0, 0.1) is 5.92 Å². The second-order valence-electron chi connectivity index (χ2n) is 3.56. The molecule has 0 heterocycles. The van der Waals surface area contributed by atoms with Gasteiger partial charge in [0.15, 0.2) is 0 Å². The molecule has 0 bridgehead atoms. The molecule has 1 aromatic carbocycles. The molecule has 0 aliphatic rings. The first-order valence-electron chi connectivity index (χ1n) is 4.88. The molecule has 0 aliphatic heterocycles. The molecular weight excluding hydrogens is 214 g/mol. The molecule has 0 amide bonds. The van der Waals surface area contributed by atoms with Crippen molar-refractivity contribution in [1.82, 2.24) is 0 Å². The Morgan fingerprint density at radius 2 is 1.81 bits per heavy atom. The molecule has 0 saturated carbocycles. The van der Waals surface area contributed by atoms with E-state index in [0.717, 1.165) is 0 Å². The minimum Gasteiger partial charge on any atom is -0.435 e. The fourth-order valence-electron chi connectivity index (χ4n) is 0.980. The Labute approximate surface area is 92.9 Å². The third kappa shape index (κ3) is 3.84. The highest BCUT2D eigenvalue weighted by atomic mass is 19.3. The highest BCUT2D eigenvalue weighted by Crippen LogP contribution is 2.20. The van der Waals surface area contributed by atoms with Crippen molar-refractivity contribution in [2.75, 3.05) is 0 Å². The van der Waals surface area contributed by atoms with Gasteiger partial charge in [-0.2, -0.15) is 8.78 Å². The maximum Gasteiger partial charge on any atom is 0.387 e. The van der Waals surface area contributed by atoms with Gasteiger partial charge in [-0.3, -0.25) is 0 Å². The summed E-state index contributed by atoms with van der Waals surface area (Å²) >= 11 is 0. The summed E-state index contributed by atoms with van der Waals surface area (Å²) < 4.78 is 27.9. The van der Waals surface area contributed by atoms with Crippen LogP contribution in [-0.2, 0) is 0 Å². The highest BCUT2D eigenvalue weighted by molar-refractivity contribution is 5.84. The number of benzene rings is 1. The van der Waals surface area contributed by atoms with Gasteiger partial charge in [0.05, 0.1) is 5.69 Å². The third-order valence-corrected chi connectivity index (χ3v) is 1.91. The Bertz CT molecular complexity index is 361. The normalized spacial score (nSPS) is 12.2. The zero-order valence-corrected chi connectivity index (χ0v) is 9.15. The zero-order valence-electron chi connectivity index (χ0n) is 9.15. The molecule has 0 saturated heterocycles. The van der Waals surface area contributed by atoms with E-state index in [1.807, 2.05) is 13.8 Å². The quantitative estimate of drug-likeness (QED) is 0.636. The lowest BCUT2D eigenvalue weighted by Gasteiger charge is -2.05. The molecule has 16 heavy (non-hydrogen) atoms. The van der Waals surface area contributed by atoms with Crippen molar-refractivity contribution < 1.29 is 13.5 Å². The van der Waals surface area contributed by atoms with Crippen molar-refractivity contribution in [3.63, 3.8) is 0 Å². The maximum absolute atomic E-state index is 11.9. The van der Waals surface area contributed by atoms with Crippen molar-refractivity contribution in [3.05, 3.63) is 24.3 Å². The summed E-state index contributed by atoms with van der Waals surface area (Å²) in [6.45, 7) is 1.04. The molecule has 88 valence electrons. The van der Waals surface area contributed by atoms with Gasteiger partial charge < -0.3 is 10.5 Å². The zero-order chi connectivity index (χ0) is 12.1. The molecule has 0 unspecified atom stereocenters. The second kappa shape index (κ2) is 5.44. The average Bonchev–Trinajstić information content (AvgIpc) is 2.20. The van der Waals surface area contributed by atoms with Crippen LogP contribution in [-0.4, -0.2) is 12.4 Å². The van der Waals surface area contributed by atoms with E-state index in [1.54, 1.807) is 12.1 Å². The molecule has 0 radical (unpaired) electrons. The number of nitrogens with zero attached hydrogens (tertiary/aromatic N) is 1. The number of ether oxygens (including phenoxy) is 1. The van der Waals surface area contributed by atoms with Crippen LogP contribution in [0.5, 0.6) is 5.75 Å². The summed E-state index contributed by atoms with van der Waals surface area (Å²) in [5.41, 5.74) is 6.28. The third-order valence-electron chi connectivity index (χ3n) is 1.91. The van der Waals surface area contributed by atoms with Crippen LogP contribution in [0.4, 0.5) is 14.5 Å². The Kier molecular flexibility index (Phi) is 4.22. The van der Waals surface area contributed by atoms with Gasteiger partial charge in [0.1, 0.15) is 11.6 Å². The van der Waals surface area contributed by atoms with E-state index in [4.69, 9.17) is 5.73 Å². The van der Waals surface area contributed by atoms with Gasteiger partial charge in [-0.25, -0.2) is 4.99 Å². The van der Waals surface area contributed by atoms with E-state index < -0.39 is 6.61 Å².